The van der Waals surface area contributed by atoms with E-state index in [-0.39, 0.29) is 11.5 Å². The minimum absolute atomic E-state index is 0.0651. The second kappa shape index (κ2) is 5.66. The van der Waals surface area contributed by atoms with E-state index in [2.05, 4.69) is 10.2 Å². The molecule has 0 aliphatic rings. The van der Waals surface area contributed by atoms with Crippen molar-refractivity contribution in [3.8, 4) is 11.5 Å². The van der Waals surface area contributed by atoms with E-state index >= 15 is 0 Å². The zero-order valence-corrected chi connectivity index (χ0v) is 12.7. The van der Waals surface area contributed by atoms with E-state index in [4.69, 9.17) is 0 Å². The average molecular weight is 314 g/mol. The summed E-state index contributed by atoms with van der Waals surface area (Å²) in [5, 5.41) is 31.9. The second-order valence-corrected chi connectivity index (χ2v) is 5.50. The van der Waals surface area contributed by atoms with E-state index in [0.717, 1.165) is 16.5 Å². The zero-order valence-electron chi connectivity index (χ0n) is 12.7. The first-order valence-corrected chi connectivity index (χ1v) is 7.57. The Morgan fingerprint density at radius 1 is 0.542 bits per heavy atom. The number of rotatable bonds is 2. The van der Waals surface area contributed by atoms with Crippen LogP contribution in [-0.2, 0) is 0 Å². The Morgan fingerprint density at radius 2 is 1.25 bits per heavy atom. The Hall–Kier alpha value is -3.40. The molecule has 4 aromatic carbocycles. The molecule has 2 N–H and O–H groups in total. The average Bonchev–Trinajstić information content (AvgIpc) is 2.62. The van der Waals surface area contributed by atoms with Gasteiger partial charge in [-0.25, -0.2) is 0 Å². The van der Waals surface area contributed by atoms with Crippen LogP contribution in [0.2, 0.25) is 0 Å². The highest BCUT2D eigenvalue weighted by Gasteiger charge is 2.09. The molecule has 0 radical (unpaired) electrons. The molecule has 0 heterocycles. The lowest BCUT2D eigenvalue weighted by atomic mass is 10.1. The molecule has 0 fully saturated rings. The van der Waals surface area contributed by atoms with Crippen LogP contribution in [0.5, 0.6) is 11.5 Å². The molecule has 0 spiro atoms. The Morgan fingerprint density at radius 3 is 2.17 bits per heavy atom. The first kappa shape index (κ1) is 14.2. The van der Waals surface area contributed by atoms with Gasteiger partial charge in [0.1, 0.15) is 11.5 Å². The van der Waals surface area contributed by atoms with Crippen molar-refractivity contribution in [2.45, 2.75) is 0 Å². The fourth-order valence-corrected chi connectivity index (χ4v) is 2.84. The molecule has 0 aliphatic heterocycles. The summed E-state index contributed by atoms with van der Waals surface area (Å²) in [6.07, 6.45) is 0. The highest BCUT2D eigenvalue weighted by Crippen LogP contribution is 2.39. The molecule has 4 rings (SSSR count). The van der Waals surface area contributed by atoms with Gasteiger partial charge in [-0.15, -0.1) is 10.2 Å². The molecule has 0 atom stereocenters. The topological polar surface area (TPSA) is 65.2 Å². The summed E-state index contributed by atoms with van der Waals surface area (Å²) in [4.78, 5) is 0. The minimum atomic E-state index is 0.0651. The molecule has 0 aromatic heterocycles. The molecule has 0 bridgehead atoms. The van der Waals surface area contributed by atoms with Crippen molar-refractivity contribution in [3.05, 3.63) is 72.8 Å². The number of hydrogen-bond donors (Lipinski definition) is 2. The maximum absolute atomic E-state index is 10.1. The standard InChI is InChI=1S/C20H14N2O2/c23-18-12-11-17(20-15(18)8-4-10-19(20)24)22-21-16-9-3-6-13-5-1-2-7-14(13)16/h1-12,23-24H. The van der Waals surface area contributed by atoms with Crippen LogP contribution in [0, 0.1) is 0 Å². The van der Waals surface area contributed by atoms with Gasteiger partial charge in [-0.2, -0.15) is 0 Å². The molecule has 24 heavy (non-hydrogen) atoms. The summed E-state index contributed by atoms with van der Waals surface area (Å²) >= 11 is 0. The number of hydrogen-bond acceptors (Lipinski definition) is 4. The van der Waals surface area contributed by atoms with Crippen LogP contribution in [0.25, 0.3) is 21.5 Å². The van der Waals surface area contributed by atoms with E-state index in [1.54, 1.807) is 30.3 Å². The third-order valence-corrected chi connectivity index (χ3v) is 4.01. The van der Waals surface area contributed by atoms with Crippen LogP contribution in [0.4, 0.5) is 11.4 Å². The molecular weight excluding hydrogens is 300 g/mol. The van der Waals surface area contributed by atoms with Gasteiger partial charge in [0.25, 0.3) is 0 Å². The number of phenolic OH excluding ortho intramolecular Hbond substituents is 2. The maximum atomic E-state index is 10.1. The number of fused-ring (bicyclic) bond motifs is 2. The summed E-state index contributed by atoms with van der Waals surface area (Å²) in [5.41, 5.74) is 1.26. The molecule has 116 valence electrons. The maximum Gasteiger partial charge on any atom is 0.125 e. The smallest absolute Gasteiger partial charge is 0.125 e. The van der Waals surface area contributed by atoms with Crippen molar-refractivity contribution in [2.75, 3.05) is 0 Å². The van der Waals surface area contributed by atoms with Gasteiger partial charge in [0.15, 0.2) is 0 Å². The summed E-state index contributed by atoms with van der Waals surface area (Å²) < 4.78 is 0. The SMILES string of the molecule is Oc1ccc(N=Nc2cccc3ccccc23)c2c(O)cccc12. The van der Waals surface area contributed by atoms with Crippen molar-refractivity contribution in [2.24, 2.45) is 10.2 Å². The third-order valence-electron chi connectivity index (χ3n) is 4.01. The largest absolute Gasteiger partial charge is 0.507 e. The van der Waals surface area contributed by atoms with Crippen molar-refractivity contribution >= 4 is 32.9 Å². The van der Waals surface area contributed by atoms with E-state index in [0.29, 0.717) is 16.5 Å². The Balaban J connectivity index is 1.88. The van der Waals surface area contributed by atoms with Crippen molar-refractivity contribution in [3.63, 3.8) is 0 Å². The van der Waals surface area contributed by atoms with Crippen LogP contribution in [0.1, 0.15) is 0 Å². The molecule has 0 saturated carbocycles. The molecule has 0 unspecified atom stereocenters. The lowest BCUT2D eigenvalue weighted by Crippen LogP contribution is -1.77. The minimum Gasteiger partial charge on any atom is -0.507 e. The van der Waals surface area contributed by atoms with Gasteiger partial charge in [0, 0.05) is 10.8 Å². The highest BCUT2D eigenvalue weighted by atomic mass is 16.3. The monoisotopic (exact) mass is 314 g/mol. The van der Waals surface area contributed by atoms with Crippen molar-refractivity contribution in [1.82, 2.24) is 0 Å². The van der Waals surface area contributed by atoms with Crippen LogP contribution in [-0.4, -0.2) is 10.2 Å². The third kappa shape index (κ3) is 2.34. The van der Waals surface area contributed by atoms with Gasteiger partial charge in [0.2, 0.25) is 0 Å². The summed E-state index contributed by atoms with van der Waals surface area (Å²) in [6, 6.07) is 22.0. The van der Waals surface area contributed by atoms with Gasteiger partial charge in [-0.05, 0) is 29.7 Å². The van der Waals surface area contributed by atoms with Crippen LogP contribution in [0.3, 0.4) is 0 Å². The normalized spacial score (nSPS) is 11.5. The number of phenols is 2. The Labute approximate surface area is 138 Å². The molecule has 0 saturated heterocycles. The number of azo groups is 1. The van der Waals surface area contributed by atoms with Gasteiger partial charge in [-0.1, -0.05) is 48.5 Å². The van der Waals surface area contributed by atoms with Crippen LogP contribution >= 0.6 is 0 Å². The van der Waals surface area contributed by atoms with Crippen LogP contribution < -0.4 is 0 Å². The summed E-state index contributed by atoms with van der Waals surface area (Å²) in [5.74, 6) is 0.167. The van der Waals surface area contributed by atoms with E-state index in [1.165, 1.54) is 0 Å². The van der Waals surface area contributed by atoms with Crippen molar-refractivity contribution < 1.29 is 10.2 Å². The Bertz CT molecular complexity index is 1080. The lowest BCUT2D eigenvalue weighted by Gasteiger charge is -2.06. The lowest BCUT2D eigenvalue weighted by molar-refractivity contribution is 0.475. The quantitative estimate of drug-likeness (QED) is 0.458. The first-order valence-electron chi connectivity index (χ1n) is 7.57. The van der Waals surface area contributed by atoms with Crippen molar-refractivity contribution in [1.29, 1.82) is 0 Å². The van der Waals surface area contributed by atoms with Gasteiger partial charge in [-0.3, -0.25) is 0 Å². The Kier molecular flexibility index (Phi) is 3.35. The molecular formula is C20H14N2O2. The van der Waals surface area contributed by atoms with E-state index < -0.39 is 0 Å². The molecule has 0 amide bonds. The predicted octanol–water partition coefficient (Wildman–Crippen LogP) is 5.82. The fraction of sp³-hybridized carbons (Fsp3) is 0. The van der Waals surface area contributed by atoms with E-state index in [9.17, 15) is 10.2 Å². The molecule has 0 aliphatic carbocycles. The number of benzene rings is 4. The number of nitrogens with zero attached hydrogens (tertiary/aromatic N) is 2. The van der Waals surface area contributed by atoms with Gasteiger partial charge in [0.05, 0.1) is 16.8 Å². The zero-order chi connectivity index (χ0) is 16.5. The molecule has 4 nitrogen and oxygen atoms in total. The number of aromatic hydroxyl groups is 2. The molecule has 4 aromatic rings. The molecule has 4 heteroatoms. The summed E-state index contributed by atoms with van der Waals surface area (Å²) in [6.45, 7) is 0. The summed E-state index contributed by atoms with van der Waals surface area (Å²) in [7, 11) is 0. The highest BCUT2D eigenvalue weighted by molar-refractivity contribution is 6.00. The van der Waals surface area contributed by atoms with Gasteiger partial charge < -0.3 is 10.2 Å². The van der Waals surface area contributed by atoms with Crippen LogP contribution in [0.15, 0.2) is 83.0 Å². The van der Waals surface area contributed by atoms with E-state index in [1.807, 2.05) is 42.5 Å². The predicted molar refractivity (Wildman–Crippen MR) is 95.4 cm³/mol. The fourth-order valence-electron chi connectivity index (χ4n) is 2.84. The second-order valence-electron chi connectivity index (χ2n) is 5.50. The van der Waals surface area contributed by atoms with Gasteiger partial charge >= 0.3 is 0 Å². The first-order chi connectivity index (χ1) is 11.7.